The number of carbonyl (C=O) groups is 1. The Balaban J connectivity index is 2.04. The number of anilines is 1. The molecule has 3 N–H and O–H groups in total. The Bertz CT molecular complexity index is 777. The summed E-state index contributed by atoms with van der Waals surface area (Å²) in [6.45, 7) is 3.82. The zero-order chi connectivity index (χ0) is 18.4. The van der Waals surface area contributed by atoms with Crippen LogP contribution >= 0.6 is 12.2 Å². The number of methoxy groups -OCH3 is 1. The van der Waals surface area contributed by atoms with Gasteiger partial charge in [0, 0.05) is 11.6 Å². The van der Waals surface area contributed by atoms with Gasteiger partial charge in [0.15, 0.2) is 5.11 Å². The highest BCUT2D eigenvalue weighted by atomic mass is 32.1. The van der Waals surface area contributed by atoms with Gasteiger partial charge in [0.25, 0.3) is 5.91 Å². The minimum absolute atomic E-state index is 0.00951. The molecule has 7 heteroatoms. The topological polar surface area (TPSA) is 79.8 Å². The van der Waals surface area contributed by atoms with Crippen LogP contribution in [0.25, 0.3) is 0 Å². The number of carbonyl (C=O) groups excluding carboxylic acids is 1. The molecule has 0 aliphatic heterocycles. The van der Waals surface area contributed by atoms with Crippen LogP contribution in [0.1, 0.15) is 24.2 Å². The molecule has 0 heterocycles. The molecule has 0 fully saturated rings. The Kier molecular flexibility index (Phi) is 6.19. The molecule has 2 aromatic rings. The number of thiocarbonyl (C=S) groups is 1. The number of nitrogens with one attached hydrogen (secondary N) is 2. The summed E-state index contributed by atoms with van der Waals surface area (Å²) >= 11 is 5.13. The number of hydrogen-bond acceptors (Lipinski definition) is 5. The zero-order valence-corrected chi connectivity index (χ0v) is 15.0. The van der Waals surface area contributed by atoms with E-state index in [-0.39, 0.29) is 22.9 Å². The molecule has 2 aromatic carbocycles. The first-order valence-corrected chi connectivity index (χ1v) is 8.06. The molecule has 0 aliphatic carbocycles. The van der Waals surface area contributed by atoms with E-state index in [1.807, 2.05) is 13.8 Å². The third-order valence-electron chi connectivity index (χ3n) is 3.15. The lowest BCUT2D eigenvalue weighted by Gasteiger charge is -2.13. The Morgan fingerprint density at radius 3 is 2.60 bits per heavy atom. The molecule has 132 valence electrons. The second kappa shape index (κ2) is 8.34. The number of phenols is 1. The fourth-order valence-electron chi connectivity index (χ4n) is 2.05. The molecular formula is C18H20N2O4S. The van der Waals surface area contributed by atoms with E-state index in [1.165, 1.54) is 13.2 Å². The van der Waals surface area contributed by atoms with Crippen molar-refractivity contribution in [3.63, 3.8) is 0 Å². The van der Waals surface area contributed by atoms with Crippen molar-refractivity contribution in [3.8, 4) is 17.2 Å². The second-order valence-electron chi connectivity index (χ2n) is 5.49. The van der Waals surface area contributed by atoms with Crippen LogP contribution in [0.2, 0.25) is 0 Å². The second-order valence-corrected chi connectivity index (χ2v) is 5.89. The molecule has 0 aliphatic rings. The average Bonchev–Trinajstić information content (AvgIpc) is 2.56. The van der Waals surface area contributed by atoms with Crippen molar-refractivity contribution in [1.82, 2.24) is 5.32 Å². The minimum Gasteiger partial charge on any atom is -0.506 e. The van der Waals surface area contributed by atoms with E-state index in [0.29, 0.717) is 22.7 Å². The van der Waals surface area contributed by atoms with Crippen molar-refractivity contribution in [1.29, 1.82) is 0 Å². The van der Waals surface area contributed by atoms with Gasteiger partial charge >= 0.3 is 0 Å². The Hall–Kier alpha value is -2.80. The van der Waals surface area contributed by atoms with Gasteiger partial charge in [-0.2, -0.15) is 0 Å². The summed E-state index contributed by atoms with van der Waals surface area (Å²) in [6, 6.07) is 11.5. The van der Waals surface area contributed by atoms with Gasteiger partial charge < -0.3 is 19.9 Å². The molecule has 0 atom stereocenters. The number of ether oxygens (including phenoxy) is 2. The summed E-state index contributed by atoms with van der Waals surface area (Å²) in [5, 5.41) is 15.2. The first kappa shape index (κ1) is 18.5. The molecule has 0 saturated heterocycles. The zero-order valence-electron chi connectivity index (χ0n) is 14.2. The number of phenolic OH excluding ortho intramolecular Hbond substituents is 1. The van der Waals surface area contributed by atoms with Gasteiger partial charge in [-0.3, -0.25) is 10.1 Å². The van der Waals surface area contributed by atoms with E-state index in [0.717, 1.165) is 0 Å². The summed E-state index contributed by atoms with van der Waals surface area (Å²) < 4.78 is 10.7. The SMILES string of the molecule is COc1ccc(O)c(NC(=S)NC(=O)c2cccc(OC(C)C)c2)c1. The molecule has 0 aromatic heterocycles. The van der Waals surface area contributed by atoms with Gasteiger partial charge in [0.05, 0.1) is 18.9 Å². The highest BCUT2D eigenvalue weighted by Gasteiger charge is 2.11. The van der Waals surface area contributed by atoms with Gasteiger partial charge in [0.1, 0.15) is 17.2 Å². The van der Waals surface area contributed by atoms with Crippen LogP contribution in [0.4, 0.5) is 5.69 Å². The van der Waals surface area contributed by atoms with E-state index < -0.39 is 0 Å². The van der Waals surface area contributed by atoms with Crippen molar-refractivity contribution >= 4 is 28.9 Å². The van der Waals surface area contributed by atoms with Crippen molar-refractivity contribution < 1.29 is 19.4 Å². The Morgan fingerprint density at radius 1 is 1.16 bits per heavy atom. The number of aromatic hydroxyl groups is 1. The van der Waals surface area contributed by atoms with Crippen LogP contribution in [0.5, 0.6) is 17.2 Å². The van der Waals surface area contributed by atoms with Gasteiger partial charge in [-0.15, -0.1) is 0 Å². The third kappa shape index (κ3) is 5.36. The quantitative estimate of drug-likeness (QED) is 0.561. The van der Waals surface area contributed by atoms with Crippen molar-refractivity contribution in [2.75, 3.05) is 12.4 Å². The van der Waals surface area contributed by atoms with Crippen LogP contribution < -0.4 is 20.1 Å². The summed E-state index contributed by atoms with van der Waals surface area (Å²) in [4.78, 5) is 12.3. The van der Waals surface area contributed by atoms with Gasteiger partial charge in [0.2, 0.25) is 0 Å². The molecule has 6 nitrogen and oxygen atoms in total. The number of rotatable bonds is 5. The maximum absolute atomic E-state index is 12.3. The van der Waals surface area contributed by atoms with Gasteiger partial charge in [-0.1, -0.05) is 6.07 Å². The van der Waals surface area contributed by atoms with Crippen LogP contribution in [0, 0.1) is 0 Å². The Morgan fingerprint density at radius 2 is 1.92 bits per heavy atom. The molecule has 0 spiro atoms. The Labute approximate surface area is 151 Å². The lowest BCUT2D eigenvalue weighted by Crippen LogP contribution is -2.34. The van der Waals surface area contributed by atoms with Gasteiger partial charge in [-0.25, -0.2) is 0 Å². The summed E-state index contributed by atoms with van der Waals surface area (Å²) in [5.74, 6) is 0.763. The summed E-state index contributed by atoms with van der Waals surface area (Å²) in [5.41, 5.74) is 0.749. The van der Waals surface area contributed by atoms with Gasteiger partial charge in [-0.05, 0) is 56.4 Å². The monoisotopic (exact) mass is 360 g/mol. The van der Waals surface area contributed by atoms with E-state index in [9.17, 15) is 9.90 Å². The van der Waals surface area contributed by atoms with Crippen molar-refractivity contribution in [2.45, 2.75) is 20.0 Å². The maximum Gasteiger partial charge on any atom is 0.257 e. The molecule has 25 heavy (non-hydrogen) atoms. The van der Waals surface area contributed by atoms with E-state index >= 15 is 0 Å². The highest BCUT2D eigenvalue weighted by molar-refractivity contribution is 7.80. The lowest BCUT2D eigenvalue weighted by atomic mass is 10.2. The smallest absolute Gasteiger partial charge is 0.257 e. The lowest BCUT2D eigenvalue weighted by molar-refractivity contribution is 0.0977. The molecule has 1 amide bonds. The molecule has 0 saturated carbocycles. The predicted octanol–water partition coefficient (Wildman–Crippen LogP) is 3.31. The number of amides is 1. The average molecular weight is 360 g/mol. The number of benzene rings is 2. The van der Waals surface area contributed by atoms with Crippen molar-refractivity contribution in [2.24, 2.45) is 0 Å². The fraction of sp³-hybridized carbons (Fsp3) is 0.222. The first-order valence-electron chi connectivity index (χ1n) is 7.65. The van der Waals surface area contributed by atoms with E-state index in [1.54, 1.807) is 36.4 Å². The molecule has 0 bridgehead atoms. The predicted molar refractivity (Wildman–Crippen MR) is 101 cm³/mol. The largest absolute Gasteiger partial charge is 0.506 e. The van der Waals surface area contributed by atoms with Crippen LogP contribution in [-0.4, -0.2) is 29.3 Å². The van der Waals surface area contributed by atoms with Crippen LogP contribution in [0.3, 0.4) is 0 Å². The normalized spacial score (nSPS) is 10.2. The summed E-state index contributed by atoms with van der Waals surface area (Å²) in [7, 11) is 1.52. The highest BCUT2D eigenvalue weighted by Crippen LogP contribution is 2.27. The van der Waals surface area contributed by atoms with E-state index in [4.69, 9.17) is 21.7 Å². The molecule has 0 radical (unpaired) electrons. The standard InChI is InChI=1S/C18H20N2O4S/c1-11(2)24-14-6-4-5-12(9-14)17(22)20-18(25)19-15-10-13(23-3)7-8-16(15)21/h4-11,21H,1-3H3,(H2,19,20,22,25). The molecule has 0 unspecified atom stereocenters. The van der Waals surface area contributed by atoms with Crippen molar-refractivity contribution in [3.05, 3.63) is 48.0 Å². The van der Waals surface area contributed by atoms with Crippen LogP contribution in [0.15, 0.2) is 42.5 Å². The third-order valence-corrected chi connectivity index (χ3v) is 3.35. The molecular weight excluding hydrogens is 340 g/mol. The van der Waals surface area contributed by atoms with Crippen LogP contribution in [-0.2, 0) is 0 Å². The van der Waals surface area contributed by atoms with E-state index in [2.05, 4.69) is 10.6 Å². The first-order chi connectivity index (χ1) is 11.9. The minimum atomic E-state index is -0.380. The molecule has 2 rings (SSSR count). The number of hydrogen-bond donors (Lipinski definition) is 3. The summed E-state index contributed by atoms with van der Waals surface area (Å²) in [6.07, 6.45) is 0.0112. The maximum atomic E-state index is 12.3. The fourth-order valence-corrected chi connectivity index (χ4v) is 2.26.